The lowest BCUT2D eigenvalue weighted by Gasteiger charge is -2.31. The molecule has 1 aliphatic rings. The maximum Gasteiger partial charge on any atom is 0.246 e. The fraction of sp³-hybridized carbons (Fsp3) is 0.409. The first-order chi connectivity index (χ1) is 14.3. The van der Waals surface area contributed by atoms with Gasteiger partial charge in [0.05, 0.1) is 18.3 Å². The molecule has 1 fully saturated rings. The molecule has 0 atom stereocenters. The number of nitrogens with one attached hydrogen (secondary N) is 1. The van der Waals surface area contributed by atoms with Gasteiger partial charge in [-0.15, -0.1) is 0 Å². The number of aryl methyl sites for hydroxylation is 2. The molecule has 0 radical (unpaired) electrons. The van der Waals surface area contributed by atoms with Gasteiger partial charge >= 0.3 is 0 Å². The number of methoxy groups -OCH3 is 1. The lowest BCUT2D eigenvalue weighted by Crippen LogP contribution is -2.40. The molecule has 0 unspecified atom stereocenters. The van der Waals surface area contributed by atoms with Crippen molar-refractivity contribution in [2.24, 2.45) is 5.92 Å². The van der Waals surface area contributed by atoms with E-state index in [0.717, 1.165) is 24.0 Å². The molecular formula is C22H28N2O5S. The predicted octanol–water partition coefficient (Wildman–Crippen LogP) is 3.14. The van der Waals surface area contributed by atoms with Crippen LogP contribution in [0.3, 0.4) is 0 Å². The molecule has 1 aliphatic heterocycles. The van der Waals surface area contributed by atoms with Crippen molar-refractivity contribution in [2.45, 2.75) is 31.6 Å². The number of hydrogen-bond donors (Lipinski definition) is 1. The fourth-order valence-corrected chi connectivity index (χ4v) is 4.99. The molecule has 1 aromatic carbocycles. The van der Waals surface area contributed by atoms with Gasteiger partial charge in [-0.05, 0) is 74.1 Å². The van der Waals surface area contributed by atoms with Crippen LogP contribution in [0.1, 0.15) is 29.7 Å². The molecule has 1 amide bonds. The van der Waals surface area contributed by atoms with Crippen LogP contribution in [-0.4, -0.2) is 46.0 Å². The molecule has 1 N–H and O–H groups in total. The normalized spacial score (nSPS) is 15.6. The number of ether oxygens (including phenoxy) is 1. The van der Waals surface area contributed by atoms with Gasteiger partial charge in [-0.1, -0.05) is 0 Å². The number of carbonyl (C=O) groups is 1. The molecule has 7 nitrogen and oxygen atoms in total. The number of rotatable bonds is 7. The van der Waals surface area contributed by atoms with E-state index in [-0.39, 0.29) is 16.7 Å². The van der Waals surface area contributed by atoms with Crippen LogP contribution in [0.2, 0.25) is 0 Å². The molecule has 0 saturated carbocycles. The monoisotopic (exact) mass is 432 g/mol. The summed E-state index contributed by atoms with van der Waals surface area (Å²) in [5.74, 6) is 1.47. The molecule has 162 valence electrons. The quantitative estimate of drug-likeness (QED) is 0.679. The Hall–Kier alpha value is -2.58. The van der Waals surface area contributed by atoms with Gasteiger partial charge in [0.25, 0.3) is 0 Å². The maximum absolute atomic E-state index is 12.7. The number of likely N-dealkylation sites (tertiary alicyclic amines) is 1. The van der Waals surface area contributed by atoms with Crippen LogP contribution in [0, 0.1) is 19.8 Å². The van der Waals surface area contributed by atoms with Gasteiger partial charge in [0.2, 0.25) is 15.9 Å². The summed E-state index contributed by atoms with van der Waals surface area (Å²) < 4.78 is 38.7. The third-order valence-electron chi connectivity index (χ3n) is 5.37. The van der Waals surface area contributed by atoms with Crippen LogP contribution >= 0.6 is 0 Å². The molecule has 3 rings (SSSR count). The Labute approximate surface area is 177 Å². The zero-order valence-corrected chi connectivity index (χ0v) is 18.4. The fourth-order valence-electron chi connectivity index (χ4n) is 3.70. The van der Waals surface area contributed by atoms with Crippen molar-refractivity contribution in [3.8, 4) is 5.75 Å². The summed E-state index contributed by atoms with van der Waals surface area (Å²) in [6.07, 6.45) is 6.23. The van der Waals surface area contributed by atoms with Crippen molar-refractivity contribution in [2.75, 3.05) is 26.7 Å². The minimum Gasteiger partial charge on any atom is -0.496 e. The minimum absolute atomic E-state index is 0.0605. The molecule has 0 bridgehead atoms. The Morgan fingerprint density at radius 2 is 1.93 bits per heavy atom. The van der Waals surface area contributed by atoms with Gasteiger partial charge < -0.3 is 14.1 Å². The summed E-state index contributed by atoms with van der Waals surface area (Å²) in [6, 6.07) is 6.81. The second-order valence-electron chi connectivity index (χ2n) is 7.56. The largest absolute Gasteiger partial charge is 0.496 e. The summed E-state index contributed by atoms with van der Waals surface area (Å²) in [7, 11) is -2.03. The SMILES string of the molecule is COc1c(C)cc(S(=O)(=O)NCC2CCN(C(=O)/C=C/c3ccco3)CC2)cc1C. The highest BCUT2D eigenvalue weighted by molar-refractivity contribution is 7.89. The number of amides is 1. The molecule has 2 aromatic rings. The lowest BCUT2D eigenvalue weighted by atomic mass is 9.97. The summed E-state index contributed by atoms with van der Waals surface area (Å²) >= 11 is 0. The van der Waals surface area contributed by atoms with E-state index >= 15 is 0 Å². The summed E-state index contributed by atoms with van der Waals surface area (Å²) in [5.41, 5.74) is 1.57. The van der Waals surface area contributed by atoms with Crippen LogP contribution in [0.25, 0.3) is 6.08 Å². The first-order valence-electron chi connectivity index (χ1n) is 9.95. The average Bonchev–Trinajstić information content (AvgIpc) is 3.24. The maximum atomic E-state index is 12.7. The summed E-state index contributed by atoms with van der Waals surface area (Å²) in [5, 5.41) is 0. The first-order valence-corrected chi connectivity index (χ1v) is 11.4. The minimum atomic E-state index is -3.60. The smallest absolute Gasteiger partial charge is 0.246 e. The van der Waals surface area contributed by atoms with Gasteiger partial charge in [-0.2, -0.15) is 0 Å². The Kier molecular flexibility index (Phi) is 6.99. The highest BCUT2D eigenvalue weighted by Crippen LogP contribution is 2.26. The van der Waals surface area contributed by atoms with E-state index in [0.29, 0.717) is 31.1 Å². The van der Waals surface area contributed by atoms with Crippen molar-refractivity contribution < 1.29 is 22.4 Å². The summed E-state index contributed by atoms with van der Waals surface area (Å²) in [6.45, 7) is 5.23. The van der Waals surface area contributed by atoms with E-state index in [1.54, 1.807) is 48.6 Å². The number of sulfonamides is 1. The predicted molar refractivity (Wildman–Crippen MR) is 115 cm³/mol. The third-order valence-corrected chi connectivity index (χ3v) is 6.77. The standard InChI is InChI=1S/C22H28N2O5S/c1-16-13-20(14-17(2)22(16)28-3)30(26,27)23-15-18-8-10-24(11-9-18)21(25)7-6-19-5-4-12-29-19/h4-7,12-14,18,23H,8-11,15H2,1-3H3/b7-6+. The van der Waals surface area contributed by atoms with Crippen LogP contribution in [-0.2, 0) is 14.8 Å². The lowest BCUT2D eigenvalue weighted by molar-refractivity contribution is -0.127. The van der Waals surface area contributed by atoms with E-state index in [1.165, 1.54) is 6.08 Å². The molecule has 0 aliphatic carbocycles. The van der Waals surface area contributed by atoms with E-state index in [9.17, 15) is 13.2 Å². The van der Waals surface area contributed by atoms with Crippen molar-refractivity contribution in [1.29, 1.82) is 0 Å². The van der Waals surface area contributed by atoms with Gasteiger partial charge in [0.1, 0.15) is 11.5 Å². The number of piperidine rings is 1. The average molecular weight is 433 g/mol. The molecule has 30 heavy (non-hydrogen) atoms. The van der Waals surface area contributed by atoms with E-state index < -0.39 is 10.0 Å². The van der Waals surface area contributed by atoms with Crippen LogP contribution in [0.5, 0.6) is 5.75 Å². The van der Waals surface area contributed by atoms with Crippen molar-refractivity contribution in [3.63, 3.8) is 0 Å². The van der Waals surface area contributed by atoms with Crippen LogP contribution in [0.15, 0.2) is 45.9 Å². The zero-order valence-electron chi connectivity index (χ0n) is 17.6. The van der Waals surface area contributed by atoms with E-state index in [4.69, 9.17) is 9.15 Å². The number of furan rings is 1. The van der Waals surface area contributed by atoms with E-state index in [2.05, 4.69) is 4.72 Å². The third kappa shape index (κ3) is 5.31. The van der Waals surface area contributed by atoms with Gasteiger partial charge in [-0.25, -0.2) is 13.1 Å². The number of hydrogen-bond acceptors (Lipinski definition) is 5. The second kappa shape index (κ2) is 9.49. The van der Waals surface area contributed by atoms with Gasteiger partial charge in [0, 0.05) is 25.7 Å². The first kappa shape index (κ1) is 22.1. The Balaban J connectivity index is 1.52. The molecule has 1 saturated heterocycles. The van der Waals surface area contributed by atoms with E-state index in [1.807, 2.05) is 13.8 Å². The van der Waals surface area contributed by atoms with Crippen molar-refractivity contribution in [3.05, 3.63) is 53.5 Å². The molecule has 0 spiro atoms. The summed E-state index contributed by atoms with van der Waals surface area (Å²) in [4.78, 5) is 14.3. The molecule has 8 heteroatoms. The van der Waals surface area contributed by atoms with Gasteiger partial charge in [-0.3, -0.25) is 4.79 Å². The highest BCUT2D eigenvalue weighted by Gasteiger charge is 2.24. The Bertz CT molecular complexity index is 981. The number of carbonyl (C=O) groups excluding carboxylic acids is 1. The second-order valence-corrected chi connectivity index (χ2v) is 9.33. The Morgan fingerprint density at radius 1 is 1.27 bits per heavy atom. The molecule has 2 heterocycles. The number of benzene rings is 1. The highest BCUT2D eigenvalue weighted by atomic mass is 32.2. The Morgan fingerprint density at radius 3 is 2.50 bits per heavy atom. The van der Waals surface area contributed by atoms with Crippen LogP contribution in [0.4, 0.5) is 0 Å². The zero-order chi connectivity index (χ0) is 21.7. The van der Waals surface area contributed by atoms with Crippen molar-refractivity contribution in [1.82, 2.24) is 9.62 Å². The topological polar surface area (TPSA) is 88.9 Å². The van der Waals surface area contributed by atoms with Crippen LogP contribution < -0.4 is 9.46 Å². The number of nitrogens with zero attached hydrogens (tertiary/aromatic N) is 1. The van der Waals surface area contributed by atoms with Crippen molar-refractivity contribution >= 4 is 22.0 Å². The molecule has 1 aromatic heterocycles. The molecular weight excluding hydrogens is 404 g/mol. The van der Waals surface area contributed by atoms with Gasteiger partial charge in [0.15, 0.2) is 0 Å².